The summed E-state index contributed by atoms with van der Waals surface area (Å²) < 4.78 is 0. The van der Waals surface area contributed by atoms with Gasteiger partial charge < -0.3 is 10.8 Å². The Kier molecular flexibility index (Phi) is 4.21. The van der Waals surface area contributed by atoms with Crippen molar-refractivity contribution in [2.75, 3.05) is 0 Å². The Hall–Kier alpha value is -1.84. The molecular formula is C21H29NO3. The quantitative estimate of drug-likeness (QED) is 0.449. The van der Waals surface area contributed by atoms with Gasteiger partial charge in [-0.2, -0.15) is 0 Å². The lowest BCUT2D eigenvalue weighted by Gasteiger charge is -2.50. The Balaban J connectivity index is 2.08. The molecule has 3 aliphatic rings. The Morgan fingerprint density at radius 3 is 2.56 bits per heavy atom. The average molecular weight is 343 g/mol. The number of ketones is 2. The molecular weight excluding hydrogens is 314 g/mol. The van der Waals surface area contributed by atoms with Crippen molar-refractivity contribution < 1.29 is 14.7 Å². The Morgan fingerprint density at radius 2 is 1.88 bits per heavy atom. The van der Waals surface area contributed by atoms with E-state index in [1.54, 1.807) is 0 Å². The van der Waals surface area contributed by atoms with E-state index in [4.69, 9.17) is 5.73 Å². The molecule has 0 spiro atoms. The first-order valence-corrected chi connectivity index (χ1v) is 9.29. The lowest BCUT2D eigenvalue weighted by molar-refractivity contribution is -0.132. The largest absolute Gasteiger partial charge is 0.505 e. The van der Waals surface area contributed by atoms with E-state index in [-0.39, 0.29) is 27.9 Å². The van der Waals surface area contributed by atoms with Crippen LogP contribution in [0.4, 0.5) is 0 Å². The van der Waals surface area contributed by atoms with Gasteiger partial charge in [-0.15, -0.1) is 0 Å². The van der Waals surface area contributed by atoms with Crippen LogP contribution in [0.5, 0.6) is 0 Å². The van der Waals surface area contributed by atoms with Gasteiger partial charge in [-0.05, 0) is 55.3 Å². The molecule has 0 saturated carbocycles. The predicted octanol–water partition coefficient (Wildman–Crippen LogP) is 4.13. The number of nitrogens with two attached hydrogens (primary N) is 1. The van der Waals surface area contributed by atoms with Gasteiger partial charge in [-0.3, -0.25) is 9.59 Å². The van der Waals surface area contributed by atoms with Crippen molar-refractivity contribution in [2.24, 2.45) is 22.5 Å². The van der Waals surface area contributed by atoms with Crippen molar-refractivity contribution in [3.63, 3.8) is 0 Å². The van der Waals surface area contributed by atoms with Crippen LogP contribution >= 0.6 is 0 Å². The molecule has 4 nitrogen and oxygen atoms in total. The number of allylic oxidation sites excluding steroid dienone is 4. The van der Waals surface area contributed by atoms with Crippen LogP contribution < -0.4 is 5.73 Å². The minimum absolute atomic E-state index is 0.00448. The average Bonchev–Trinajstić information content (AvgIpc) is 2.53. The summed E-state index contributed by atoms with van der Waals surface area (Å²) in [5, 5.41) is 10.4. The van der Waals surface area contributed by atoms with Crippen LogP contribution in [0.1, 0.15) is 66.2 Å². The van der Waals surface area contributed by atoms with E-state index >= 15 is 0 Å². The number of carbonyl (C=O) groups is 2. The number of hydrogen-bond acceptors (Lipinski definition) is 4. The SMILES string of the molecule is C[C@H]1CCC2=C(CCCC2(C)C)[C@]1(C)CC1=C(O)C(N)=CC(=O)C1=O. The Bertz CT molecular complexity index is 738. The highest BCUT2D eigenvalue weighted by Gasteiger charge is 2.46. The van der Waals surface area contributed by atoms with Crippen LogP contribution in [0.25, 0.3) is 0 Å². The molecule has 0 aliphatic heterocycles. The van der Waals surface area contributed by atoms with E-state index < -0.39 is 11.6 Å². The summed E-state index contributed by atoms with van der Waals surface area (Å²) in [5.41, 5.74) is 8.88. The maximum atomic E-state index is 12.4. The third-order valence-electron chi connectivity index (χ3n) is 6.90. The molecule has 0 radical (unpaired) electrons. The van der Waals surface area contributed by atoms with Crippen LogP contribution in [0.15, 0.2) is 34.3 Å². The molecule has 0 aromatic carbocycles. The molecule has 3 rings (SSSR count). The molecule has 0 saturated heterocycles. The minimum atomic E-state index is -0.629. The van der Waals surface area contributed by atoms with Crippen molar-refractivity contribution >= 4 is 11.6 Å². The minimum Gasteiger partial charge on any atom is -0.505 e. The lowest BCUT2D eigenvalue weighted by atomic mass is 9.55. The summed E-state index contributed by atoms with van der Waals surface area (Å²) in [6, 6.07) is 0. The van der Waals surface area contributed by atoms with Gasteiger partial charge in [-0.1, -0.05) is 38.8 Å². The molecule has 0 aromatic heterocycles. The molecule has 0 bridgehead atoms. The zero-order valence-corrected chi connectivity index (χ0v) is 15.7. The molecule has 0 fully saturated rings. The van der Waals surface area contributed by atoms with Crippen molar-refractivity contribution in [1.29, 1.82) is 0 Å². The van der Waals surface area contributed by atoms with Gasteiger partial charge in [0.15, 0.2) is 0 Å². The lowest BCUT2D eigenvalue weighted by Crippen LogP contribution is -2.39. The van der Waals surface area contributed by atoms with Gasteiger partial charge in [0.05, 0.1) is 5.70 Å². The normalized spacial score (nSPS) is 32.6. The summed E-state index contributed by atoms with van der Waals surface area (Å²) >= 11 is 0. The van der Waals surface area contributed by atoms with Gasteiger partial charge in [0.1, 0.15) is 5.76 Å². The van der Waals surface area contributed by atoms with Gasteiger partial charge in [-0.25, -0.2) is 0 Å². The van der Waals surface area contributed by atoms with Crippen LogP contribution in [-0.2, 0) is 9.59 Å². The topological polar surface area (TPSA) is 80.4 Å². The first-order valence-electron chi connectivity index (χ1n) is 9.29. The maximum Gasteiger partial charge on any atom is 0.232 e. The summed E-state index contributed by atoms with van der Waals surface area (Å²) in [4.78, 5) is 24.3. The first kappa shape index (κ1) is 18.0. The molecule has 4 heteroatoms. The molecule has 25 heavy (non-hydrogen) atoms. The number of aliphatic hydroxyl groups excluding tert-OH is 1. The van der Waals surface area contributed by atoms with Crippen molar-refractivity contribution in [3.8, 4) is 0 Å². The third-order valence-corrected chi connectivity index (χ3v) is 6.90. The fourth-order valence-electron chi connectivity index (χ4n) is 5.03. The Labute approximate surface area is 149 Å². The van der Waals surface area contributed by atoms with Crippen molar-refractivity contribution in [1.82, 2.24) is 0 Å². The highest BCUT2D eigenvalue weighted by Crippen LogP contribution is 2.57. The molecule has 3 N–H and O–H groups in total. The summed E-state index contributed by atoms with van der Waals surface area (Å²) in [6.07, 6.45) is 6.97. The molecule has 0 aromatic rings. The van der Waals surface area contributed by atoms with E-state index in [0.717, 1.165) is 31.8 Å². The standard InChI is InChI=1S/C21H29NO3/c1-12-7-8-14-15(6-5-9-20(14,2)3)21(12,4)11-13-18(24)16(22)10-17(23)19(13)25/h10,12,24H,5-9,11,22H2,1-4H3/t12-,21+/m0/s1. The second-order valence-corrected chi connectivity index (χ2v) is 8.85. The fourth-order valence-corrected chi connectivity index (χ4v) is 5.03. The monoisotopic (exact) mass is 343 g/mol. The zero-order chi connectivity index (χ0) is 18.6. The highest BCUT2D eigenvalue weighted by atomic mass is 16.3. The fraction of sp³-hybridized carbons (Fsp3) is 0.619. The van der Waals surface area contributed by atoms with Crippen molar-refractivity contribution in [2.45, 2.75) is 66.2 Å². The molecule has 0 heterocycles. The van der Waals surface area contributed by atoms with E-state index in [1.165, 1.54) is 17.6 Å². The molecule has 3 aliphatic carbocycles. The van der Waals surface area contributed by atoms with Crippen LogP contribution in [0.2, 0.25) is 0 Å². The number of aliphatic hydroxyl groups is 1. The number of hydrogen-bond donors (Lipinski definition) is 2. The maximum absolute atomic E-state index is 12.4. The Morgan fingerprint density at radius 1 is 1.20 bits per heavy atom. The van der Waals surface area contributed by atoms with Crippen molar-refractivity contribution in [3.05, 3.63) is 34.3 Å². The number of rotatable bonds is 2. The molecule has 136 valence electrons. The molecule has 0 unspecified atom stereocenters. The second-order valence-electron chi connectivity index (χ2n) is 8.85. The van der Waals surface area contributed by atoms with E-state index in [2.05, 4.69) is 27.7 Å². The summed E-state index contributed by atoms with van der Waals surface area (Å²) in [7, 11) is 0. The molecule has 0 amide bonds. The predicted molar refractivity (Wildman–Crippen MR) is 97.7 cm³/mol. The number of Topliss-reactive ketones (excluding diaryl/α,β-unsaturated/α-hetero) is 1. The zero-order valence-electron chi connectivity index (χ0n) is 15.7. The van der Waals surface area contributed by atoms with E-state index in [0.29, 0.717) is 12.3 Å². The summed E-state index contributed by atoms with van der Waals surface area (Å²) in [6.45, 7) is 9.03. The van der Waals surface area contributed by atoms with Gasteiger partial charge in [0.2, 0.25) is 11.6 Å². The smallest absolute Gasteiger partial charge is 0.232 e. The van der Waals surface area contributed by atoms with Crippen LogP contribution in [0, 0.1) is 16.7 Å². The third kappa shape index (κ3) is 2.76. The molecule has 2 atom stereocenters. The van der Waals surface area contributed by atoms with E-state index in [9.17, 15) is 14.7 Å². The van der Waals surface area contributed by atoms with Crippen LogP contribution in [-0.4, -0.2) is 16.7 Å². The van der Waals surface area contributed by atoms with Gasteiger partial charge >= 0.3 is 0 Å². The first-order chi connectivity index (χ1) is 11.6. The van der Waals surface area contributed by atoms with Crippen LogP contribution in [0.3, 0.4) is 0 Å². The highest BCUT2D eigenvalue weighted by molar-refractivity contribution is 6.48. The second kappa shape index (κ2) is 5.86. The number of carbonyl (C=O) groups excluding carboxylic acids is 2. The van der Waals surface area contributed by atoms with E-state index in [1.807, 2.05) is 0 Å². The summed E-state index contributed by atoms with van der Waals surface area (Å²) in [5.74, 6) is -1.06. The van der Waals surface area contributed by atoms with Gasteiger partial charge in [0.25, 0.3) is 0 Å². The van der Waals surface area contributed by atoms with Gasteiger partial charge in [0, 0.05) is 11.6 Å².